The molecule has 160 valence electrons. The summed E-state index contributed by atoms with van der Waals surface area (Å²) in [5, 5.41) is 0. The number of benzene rings is 5. The summed E-state index contributed by atoms with van der Waals surface area (Å²) in [5.41, 5.74) is -2.27. The second kappa shape index (κ2) is 10.3. The van der Waals surface area contributed by atoms with Crippen LogP contribution in [0.2, 0.25) is 0 Å². The lowest BCUT2D eigenvalue weighted by molar-refractivity contribution is 0.481. The zero-order chi connectivity index (χ0) is 39.9. The van der Waals surface area contributed by atoms with Gasteiger partial charge in [0.2, 0.25) is 0 Å². The molecule has 0 heterocycles. The predicted octanol–water partition coefficient (Wildman–Crippen LogP) is 9.57. The lowest BCUT2D eigenvalue weighted by Crippen LogP contribution is -1.87. The highest BCUT2D eigenvalue weighted by Crippen LogP contribution is 2.35. The smallest absolute Gasteiger partial charge is 0.129 e. The molecule has 1 nitrogen and oxygen atoms in total. The number of rotatable bonds is 6. The molecule has 0 fully saturated rings. The van der Waals surface area contributed by atoms with E-state index in [2.05, 4.69) is 0 Å². The molecule has 0 spiro atoms. The van der Waals surface area contributed by atoms with Gasteiger partial charge in [0.25, 0.3) is 0 Å². The van der Waals surface area contributed by atoms with Crippen LogP contribution in [0.25, 0.3) is 22.3 Å². The van der Waals surface area contributed by atoms with Crippen molar-refractivity contribution < 1.29 is 32.2 Å². The highest BCUT2D eigenvalue weighted by Gasteiger charge is 2.07. The first-order chi connectivity index (χ1) is 24.6. The van der Waals surface area contributed by atoms with E-state index in [-0.39, 0.29) is 19.4 Å². The first-order valence-electron chi connectivity index (χ1n) is 19.1. The van der Waals surface area contributed by atoms with Crippen molar-refractivity contribution in [2.24, 2.45) is 0 Å². The van der Waals surface area contributed by atoms with Gasteiger partial charge >= 0.3 is 0 Å². The van der Waals surface area contributed by atoms with E-state index in [1.54, 1.807) is 22.6 Å². The predicted molar refractivity (Wildman–Crippen MR) is 147 cm³/mol. The Balaban J connectivity index is 1.72. The van der Waals surface area contributed by atoms with Crippen molar-refractivity contribution in [1.29, 1.82) is 0 Å². The molecule has 0 aromatic heterocycles. The minimum Gasteiger partial charge on any atom is -0.457 e. The minimum atomic E-state index is -0.831. The van der Waals surface area contributed by atoms with Gasteiger partial charge in [0.15, 0.2) is 0 Å². The standard InChI is InChI=1S/C30H21IOS/c31-26-19-28(32-27-15-7-13-24(17-27)22-9-3-1-4-10-22)21-30(20-26)33-29-16-8-14-25(18-29)23-11-5-2-6-12-23/h1-21H/i1D,2D,3D,4D,5D,6D,7D,8D,9D,10D,11D,12D,13D,14D,15D,16D,17D,18D,19D,20D. The van der Waals surface area contributed by atoms with E-state index >= 15 is 0 Å². The molecule has 0 aliphatic carbocycles. The number of hydrogen-bond acceptors (Lipinski definition) is 2. The second-order valence-corrected chi connectivity index (χ2v) is 8.18. The molecule has 0 aliphatic heterocycles. The molecule has 5 aromatic carbocycles. The average molecular weight is 577 g/mol. The van der Waals surface area contributed by atoms with Crippen LogP contribution in [0.3, 0.4) is 0 Å². The molecule has 0 amide bonds. The van der Waals surface area contributed by atoms with E-state index in [0.29, 0.717) is 11.8 Å². The molecule has 5 rings (SSSR count). The molecule has 0 N–H and O–H groups in total. The third-order valence-electron chi connectivity index (χ3n) is 3.86. The molecule has 0 atom stereocenters. The molecule has 0 saturated carbocycles. The molecule has 5 aromatic rings. The van der Waals surface area contributed by atoms with E-state index in [0.717, 1.165) is 6.07 Å². The Hall–Kier alpha value is -3.02. The van der Waals surface area contributed by atoms with Gasteiger partial charge < -0.3 is 4.74 Å². The summed E-state index contributed by atoms with van der Waals surface area (Å²) in [7, 11) is 0. The third-order valence-corrected chi connectivity index (χ3v) is 5.24. The number of ether oxygens (including phenoxy) is 1. The Morgan fingerprint density at radius 1 is 0.545 bits per heavy atom. The van der Waals surface area contributed by atoms with E-state index in [4.69, 9.17) is 32.2 Å². The Kier molecular flexibility index (Phi) is 2.69. The van der Waals surface area contributed by atoms with Gasteiger partial charge in [-0.25, -0.2) is 0 Å². The van der Waals surface area contributed by atoms with Crippen LogP contribution in [0.4, 0.5) is 0 Å². The van der Waals surface area contributed by atoms with E-state index in [1.807, 2.05) is 0 Å². The monoisotopic (exact) mass is 576 g/mol. The highest BCUT2D eigenvalue weighted by atomic mass is 127. The van der Waals surface area contributed by atoms with Crippen LogP contribution in [-0.4, -0.2) is 0 Å². The Morgan fingerprint density at radius 2 is 1.15 bits per heavy atom. The fourth-order valence-corrected chi connectivity index (χ4v) is 4.06. The second-order valence-electron chi connectivity index (χ2n) is 6.05. The fourth-order valence-electron chi connectivity index (χ4n) is 2.52. The Labute approximate surface area is 240 Å². The van der Waals surface area contributed by atoms with Gasteiger partial charge in [-0.2, -0.15) is 0 Å². The molecular weight excluding hydrogens is 535 g/mol. The van der Waals surface area contributed by atoms with Gasteiger partial charge in [-0.3, -0.25) is 0 Å². The fraction of sp³-hybridized carbons (Fsp3) is 0. The van der Waals surface area contributed by atoms with Crippen molar-refractivity contribution in [3.05, 3.63) is 130 Å². The van der Waals surface area contributed by atoms with Crippen LogP contribution in [0.1, 0.15) is 27.4 Å². The van der Waals surface area contributed by atoms with Crippen molar-refractivity contribution in [3.63, 3.8) is 0 Å². The van der Waals surface area contributed by atoms with Crippen molar-refractivity contribution in [3.8, 4) is 33.8 Å². The lowest BCUT2D eigenvalue weighted by atomic mass is 10.1. The van der Waals surface area contributed by atoms with Crippen molar-refractivity contribution >= 4 is 34.4 Å². The topological polar surface area (TPSA) is 9.23 Å². The quantitative estimate of drug-likeness (QED) is 0.186. The molecule has 0 radical (unpaired) electrons. The number of hydrogen-bond donors (Lipinski definition) is 0. The van der Waals surface area contributed by atoms with E-state index in [1.165, 1.54) is 0 Å². The Bertz CT molecular complexity index is 2210. The van der Waals surface area contributed by atoms with Crippen LogP contribution in [-0.2, 0) is 0 Å². The molecule has 0 saturated heterocycles. The molecule has 0 unspecified atom stereocenters. The molecule has 0 aliphatic rings. The summed E-state index contributed by atoms with van der Waals surface area (Å²) in [6.45, 7) is 0. The summed E-state index contributed by atoms with van der Waals surface area (Å²) in [5.74, 6) is -1.17. The SMILES string of the molecule is [2H]c1c([2H])c([2H])c(-c2c([2H])c([2H])c([2H])c(Oc3cc(Sc4c([2H])c([2H])c([2H])c(-c5c([2H])c([2H])c([2H])c([2H])c5[2H])c4[2H])c([2H])c(I)c3[2H])c2[2H])c([2H])c1[2H]. The van der Waals surface area contributed by atoms with E-state index in [9.17, 15) is 0 Å². The van der Waals surface area contributed by atoms with Crippen LogP contribution in [0.5, 0.6) is 11.5 Å². The summed E-state index contributed by atoms with van der Waals surface area (Å²) < 4.78 is 173. The highest BCUT2D eigenvalue weighted by molar-refractivity contribution is 14.1. The largest absolute Gasteiger partial charge is 0.457 e. The summed E-state index contributed by atoms with van der Waals surface area (Å²) >= 11 is 2.16. The van der Waals surface area contributed by atoms with Crippen molar-refractivity contribution in [2.45, 2.75) is 9.79 Å². The Morgan fingerprint density at radius 3 is 1.85 bits per heavy atom. The van der Waals surface area contributed by atoms with Crippen LogP contribution in [0.15, 0.2) is 137 Å². The van der Waals surface area contributed by atoms with Gasteiger partial charge in [-0.15, -0.1) is 0 Å². The van der Waals surface area contributed by atoms with Crippen molar-refractivity contribution in [2.75, 3.05) is 0 Å². The van der Waals surface area contributed by atoms with Gasteiger partial charge in [0, 0.05) is 13.4 Å². The maximum absolute atomic E-state index is 8.91. The number of halogens is 1. The minimum absolute atomic E-state index is 0.0816. The molecule has 33 heavy (non-hydrogen) atoms. The van der Waals surface area contributed by atoms with Crippen LogP contribution >= 0.6 is 34.4 Å². The van der Waals surface area contributed by atoms with Gasteiger partial charge in [-0.05, 0) is 87.2 Å². The molecular formula is C30H21IOS. The summed E-state index contributed by atoms with van der Waals surface area (Å²) in [6.07, 6.45) is 0. The van der Waals surface area contributed by atoms with E-state index < -0.39 is 149 Å². The summed E-state index contributed by atoms with van der Waals surface area (Å²) in [6, 6.07) is -13.4. The molecule has 3 heteroatoms. The van der Waals surface area contributed by atoms with Crippen molar-refractivity contribution in [1.82, 2.24) is 0 Å². The van der Waals surface area contributed by atoms with Gasteiger partial charge in [0.1, 0.15) is 11.5 Å². The first-order valence-corrected chi connectivity index (χ1v) is 11.0. The molecule has 0 bridgehead atoms. The maximum atomic E-state index is 8.91. The van der Waals surface area contributed by atoms with Crippen LogP contribution in [0, 0.1) is 3.57 Å². The summed E-state index contributed by atoms with van der Waals surface area (Å²) in [4.78, 5) is -0.489. The van der Waals surface area contributed by atoms with Gasteiger partial charge in [0.05, 0.1) is 27.4 Å². The van der Waals surface area contributed by atoms with Crippen LogP contribution < -0.4 is 4.74 Å². The first kappa shape index (κ1) is 8.64. The van der Waals surface area contributed by atoms with Gasteiger partial charge in [-0.1, -0.05) is 96.4 Å². The maximum Gasteiger partial charge on any atom is 0.129 e. The normalized spacial score (nSPS) is 19.2. The zero-order valence-electron chi connectivity index (χ0n) is 36.3. The zero-order valence-corrected chi connectivity index (χ0v) is 19.2. The third kappa shape index (κ3) is 5.67. The average Bonchev–Trinajstić information content (AvgIpc) is 3.13. The lowest BCUT2D eigenvalue weighted by Gasteiger charge is -2.11.